The zero-order valence-electron chi connectivity index (χ0n) is 8.57. The van der Waals surface area contributed by atoms with Crippen LogP contribution in [0.25, 0.3) is 0 Å². The number of nitrogens with zero attached hydrogens (tertiary/aromatic N) is 2. The van der Waals surface area contributed by atoms with Gasteiger partial charge in [-0.1, -0.05) is 0 Å². The fourth-order valence-electron chi connectivity index (χ4n) is 1.06. The van der Waals surface area contributed by atoms with Crippen molar-refractivity contribution in [2.45, 2.75) is 19.8 Å². The molecule has 0 amide bonds. The number of rotatable bonds is 4. The Balaban J connectivity index is 2.72. The topological polar surface area (TPSA) is 53.4 Å². The lowest BCUT2D eigenvalue weighted by Gasteiger charge is -2.05. The van der Waals surface area contributed by atoms with Gasteiger partial charge in [0.15, 0.2) is 5.13 Å². The molecule has 0 aliphatic carbocycles. The number of carbonyl (C=O) groups is 1. The van der Waals surface area contributed by atoms with Crippen molar-refractivity contribution in [1.29, 1.82) is 0 Å². The fraction of sp³-hybridized carbons (Fsp3) is 0.556. The summed E-state index contributed by atoms with van der Waals surface area (Å²) >= 11 is 1.56. The molecule has 78 valence electrons. The Morgan fingerprint density at radius 2 is 2.21 bits per heavy atom. The van der Waals surface area contributed by atoms with Crippen LogP contribution in [-0.2, 0) is 11.2 Å². The summed E-state index contributed by atoms with van der Waals surface area (Å²) < 4.78 is 0. The van der Waals surface area contributed by atoms with Gasteiger partial charge in [-0.2, -0.15) is 0 Å². The lowest BCUT2D eigenvalue weighted by molar-refractivity contribution is -0.136. The van der Waals surface area contributed by atoms with Crippen molar-refractivity contribution in [3.8, 4) is 0 Å². The van der Waals surface area contributed by atoms with Crippen LogP contribution in [0.5, 0.6) is 0 Å². The van der Waals surface area contributed by atoms with E-state index in [-0.39, 0.29) is 6.42 Å². The fourth-order valence-corrected chi connectivity index (χ4v) is 2.04. The number of aryl methyl sites for hydroxylation is 2. The van der Waals surface area contributed by atoms with Crippen molar-refractivity contribution in [2.75, 3.05) is 19.0 Å². The molecule has 0 saturated heterocycles. The highest BCUT2D eigenvalue weighted by molar-refractivity contribution is 7.15. The van der Waals surface area contributed by atoms with Gasteiger partial charge in [0, 0.05) is 19.0 Å². The van der Waals surface area contributed by atoms with E-state index in [4.69, 9.17) is 5.11 Å². The van der Waals surface area contributed by atoms with Crippen LogP contribution in [0.15, 0.2) is 0 Å². The molecule has 1 heterocycles. The number of aliphatic carboxylic acids is 1. The van der Waals surface area contributed by atoms with Crippen LogP contribution in [-0.4, -0.2) is 30.2 Å². The van der Waals surface area contributed by atoms with Crippen LogP contribution in [0.4, 0.5) is 5.13 Å². The van der Waals surface area contributed by atoms with Crippen LogP contribution < -0.4 is 4.90 Å². The monoisotopic (exact) mass is 214 g/mol. The van der Waals surface area contributed by atoms with E-state index in [1.807, 2.05) is 25.9 Å². The summed E-state index contributed by atoms with van der Waals surface area (Å²) in [5.41, 5.74) is 0.944. The van der Waals surface area contributed by atoms with Gasteiger partial charge >= 0.3 is 5.97 Å². The molecule has 0 fully saturated rings. The Labute approximate surface area is 87.2 Å². The first-order valence-electron chi connectivity index (χ1n) is 4.36. The first-order chi connectivity index (χ1) is 6.50. The van der Waals surface area contributed by atoms with E-state index in [0.29, 0.717) is 6.42 Å². The predicted molar refractivity (Wildman–Crippen MR) is 57.1 cm³/mol. The summed E-state index contributed by atoms with van der Waals surface area (Å²) in [4.78, 5) is 17.7. The SMILES string of the molecule is Cc1nc(N(C)C)sc1CCC(=O)O. The maximum absolute atomic E-state index is 10.4. The second-order valence-electron chi connectivity index (χ2n) is 3.29. The third-order valence-corrected chi connectivity index (χ3v) is 3.21. The summed E-state index contributed by atoms with van der Waals surface area (Å²) in [5, 5.41) is 9.49. The molecule has 1 N–H and O–H groups in total. The standard InChI is InChI=1S/C9H14N2O2S/c1-6-7(4-5-8(12)13)14-9(10-6)11(2)3/h4-5H2,1-3H3,(H,12,13). The van der Waals surface area contributed by atoms with Crippen molar-refractivity contribution in [3.63, 3.8) is 0 Å². The molecule has 0 aliphatic rings. The van der Waals surface area contributed by atoms with Gasteiger partial charge in [-0.3, -0.25) is 4.79 Å². The van der Waals surface area contributed by atoms with Crippen LogP contribution in [0, 0.1) is 6.92 Å². The van der Waals surface area contributed by atoms with Gasteiger partial charge in [0.2, 0.25) is 0 Å². The highest BCUT2D eigenvalue weighted by Gasteiger charge is 2.09. The number of hydrogen-bond acceptors (Lipinski definition) is 4. The van der Waals surface area contributed by atoms with E-state index in [1.54, 1.807) is 11.3 Å². The second kappa shape index (κ2) is 4.41. The molecule has 0 radical (unpaired) electrons. The van der Waals surface area contributed by atoms with E-state index in [2.05, 4.69) is 4.98 Å². The van der Waals surface area contributed by atoms with E-state index in [0.717, 1.165) is 15.7 Å². The number of thiazole rings is 1. The minimum atomic E-state index is -0.760. The molecule has 0 unspecified atom stereocenters. The summed E-state index contributed by atoms with van der Waals surface area (Å²) in [6.45, 7) is 1.92. The molecule has 1 aromatic heterocycles. The predicted octanol–water partition coefficient (Wildman–Crippen LogP) is 1.53. The van der Waals surface area contributed by atoms with Gasteiger partial charge in [0.1, 0.15) is 0 Å². The van der Waals surface area contributed by atoms with E-state index < -0.39 is 5.97 Å². The van der Waals surface area contributed by atoms with E-state index >= 15 is 0 Å². The lowest BCUT2D eigenvalue weighted by atomic mass is 10.2. The number of aromatic nitrogens is 1. The minimum absolute atomic E-state index is 0.176. The second-order valence-corrected chi connectivity index (χ2v) is 4.36. The zero-order valence-corrected chi connectivity index (χ0v) is 9.39. The quantitative estimate of drug-likeness (QED) is 0.826. The smallest absolute Gasteiger partial charge is 0.303 e. The van der Waals surface area contributed by atoms with E-state index in [9.17, 15) is 4.79 Å². The van der Waals surface area contributed by atoms with Crippen LogP contribution in [0.1, 0.15) is 17.0 Å². The highest BCUT2D eigenvalue weighted by Crippen LogP contribution is 2.25. The molecule has 0 aromatic carbocycles. The van der Waals surface area contributed by atoms with Crippen LogP contribution in [0.3, 0.4) is 0 Å². The number of anilines is 1. The number of carboxylic acid groups (broad SMARTS) is 1. The molecule has 5 heteroatoms. The van der Waals surface area contributed by atoms with Crippen molar-refractivity contribution < 1.29 is 9.90 Å². The normalized spacial score (nSPS) is 10.2. The van der Waals surface area contributed by atoms with Crippen LogP contribution >= 0.6 is 11.3 Å². The Hall–Kier alpha value is -1.10. The molecule has 0 saturated carbocycles. The van der Waals surface area contributed by atoms with Gasteiger partial charge < -0.3 is 10.0 Å². The Bertz CT molecular complexity index is 334. The largest absolute Gasteiger partial charge is 0.481 e. The van der Waals surface area contributed by atoms with Gasteiger partial charge in [-0.15, -0.1) is 11.3 Å². The molecule has 0 aliphatic heterocycles. The Morgan fingerprint density at radius 1 is 1.57 bits per heavy atom. The number of carboxylic acids is 1. The number of hydrogen-bond donors (Lipinski definition) is 1. The minimum Gasteiger partial charge on any atom is -0.481 e. The average molecular weight is 214 g/mol. The summed E-state index contributed by atoms with van der Waals surface area (Å²) in [7, 11) is 3.86. The van der Waals surface area contributed by atoms with Crippen LogP contribution in [0.2, 0.25) is 0 Å². The summed E-state index contributed by atoms with van der Waals surface area (Å²) in [5.74, 6) is -0.760. The molecule has 0 spiro atoms. The lowest BCUT2D eigenvalue weighted by Crippen LogP contribution is -2.07. The van der Waals surface area contributed by atoms with Gasteiger partial charge in [-0.05, 0) is 13.3 Å². The Morgan fingerprint density at radius 3 is 2.64 bits per heavy atom. The maximum Gasteiger partial charge on any atom is 0.303 e. The molecular formula is C9H14N2O2S. The van der Waals surface area contributed by atoms with Gasteiger partial charge in [0.05, 0.1) is 12.1 Å². The molecule has 1 aromatic rings. The van der Waals surface area contributed by atoms with Gasteiger partial charge in [0.25, 0.3) is 0 Å². The molecular weight excluding hydrogens is 200 g/mol. The summed E-state index contributed by atoms with van der Waals surface area (Å²) in [6.07, 6.45) is 0.753. The van der Waals surface area contributed by atoms with Crippen molar-refractivity contribution in [3.05, 3.63) is 10.6 Å². The summed E-state index contributed by atoms with van der Waals surface area (Å²) in [6, 6.07) is 0. The zero-order chi connectivity index (χ0) is 10.7. The molecule has 1 rings (SSSR count). The Kier molecular flexibility index (Phi) is 3.46. The van der Waals surface area contributed by atoms with E-state index in [1.165, 1.54) is 0 Å². The highest BCUT2D eigenvalue weighted by atomic mass is 32.1. The molecule has 4 nitrogen and oxygen atoms in total. The van der Waals surface area contributed by atoms with Crippen molar-refractivity contribution >= 4 is 22.4 Å². The average Bonchev–Trinajstić information content (AvgIpc) is 2.43. The molecule has 14 heavy (non-hydrogen) atoms. The first-order valence-corrected chi connectivity index (χ1v) is 5.17. The maximum atomic E-state index is 10.4. The van der Waals surface area contributed by atoms with Gasteiger partial charge in [-0.25, -0.2) is 4.98 Å². The molecule has 0 atom stereocenters. The molecule has 0 bridgehead atoms. The third kappa shape index (κ3) is 2.70. The van der Waals surface area contributed by atoms with Crippen molar-refractivity contribution in [2.24, 2.45) is 0 Å². The first kappa shape index (κ1) is 11.0. The third-order valence-electron chi connectivity index (χ3n) is 1.83. The van der Waals surface area contributed by atoms with Crippen molar-refractivity contribution in [1.82, 2.24) is 4.98 Å².